The highest BCUT2D eigenvalue weighted by atomic mass is 16.5. The van der Waals surface area contributed by atoms with Crippen molar-refractivity contribution in [2.45, 2.75) is 31.7 Å². The second-order valence-corrected chi connectivity index (χ2v) is 7.23. The molecule has 1 aromatic rings. The first-order valence-electron chi connectivity index (χ1n) is 9.60. The van der Waals surface area contributed by atoms with Gasteiger partial charge in [0.05, 0.1) is 13.2 Å². The minimum absolute atomic E-state index is 0.222. The van der Waals surface area contributed by atoms with Gasteiger partial charge in [0.1, 0.15) is 5.75 Å². The van der Waals surface area contributed by atoms with Gasteiger partial charge in [-0.25, -0.2) is 0 Å². The first-order chi connectivity index (χ1) is 12.2. The topological polar surface area (TPSA) is 36.0 Å². The number of carbonyl (C=O) groups is 1. The van der Waals surface area contributed by atoms with E-state index in [1.807, 2.05) is 42.3 Å². The second kappa shape index (κ2) is 9.20. The Kier molecular flexibility index (Phi) is 6.70. The fraction of sp³-hybridized carbons (Fsp3) is 0.650. The molecule has 25 heavy (non-hydrogen) atoms. The number of likely N-dealkylation sites (N-methyl/N-ethyl adjacent to an activating group) is 1. The highest BCUT2D eigenvalue weighted by Crippen LogP contribution is 2.27. The summed E-state index contributed by atoms with van der Waals surface area (Å²) in [5.41, 5.74) is 0. The van der Waals surface area contributed by atoms with E-state index in [-0.39, 0.29) is 5.91 Å². The molecule has 0 N–H and O–H groups in total. The number of carbonyl (C=O) groups excluding carboxylic acids is 1. The predicted molar refractivity (Wildman–Crippen MR) is 99.8 cm³/mol. The summed E-state index contributed by atoms with van der Waals surface area (Å²) in [5.74, 6) is 1.11. The van der Waals surface area contributed by atoms with Crippen LogP contribution in [0.25, 0.3) is 0 Å². The smallest absolute Gasteiger partial charge is 0.236 e. The minimum Gasteiger partial charge on any atom is -0.494 e. The molecule has 0 atom stereocenters. The van der Waals surface area contributed by atoms with Gasteiger partial charge in [-0.1, -0.05) is 18.2 Å². The SMILES string of the molecule is CN(CCCOc1ccccc1)C(=O)CN1CCCN(C2CC2)CC1. The van der Waals surface area contributed by atoms with Gasteiger partial charge in [-0.15, -0.1) is 0 Å². The zero-order valence-electron chi connectivity index (χ0n) is 15.4. The lowest BCUT2D eigenvalue weighted by molar-refractivity contribution is -0.131. The van der Waals surface area contributed by atoms with E-state index in [0.717, 1.165) is 44.4 Å². The van der Waals surface area contributed by atoms with Crippen LogP contribution in [0.5, 0.6) is 5.75 Å². The number of ether oxygens (including phenoxy) is 1. The van der Waals surface area contributed by atoms with Gasteiger partial charge in [-0.05, 0) is 50.9 Å². The van der Waals surface area contributed by atoms with Gasteiger partial charge < -0.3 is 9.64 Å². The molecule has 1 heterocycles. The van der Waals surface area contributed by atoms with Crippen molar-refractivity contribution in [3.8, 4) is 5.75 Å². The van der Waals surface area contributed by atoms with E-state index in [1.54, 1.807) is 0 Å². The first kappa shape index (κ1) is 18.2. The van der Waals surface area contributed by atoms with Crippen molar-refractivity contribution in [3.63, 3.8) is 0 Å². The van der Waals surface area contributed by atoms with Crippen molar-refractivity contribution in [2.75, 3.05) is 52.9 Å². The maximum atomic E-state index is 12.4. The molecule has 2 aliphatic rings. The van der Waals surface area contributed by atoms with Crippen LogP contribution in [-0.2, 0) is 4.79 Å². The van der Waals surface area contributed by atoms with Crippen molar-refractivity contribution in [1.29, 1.82) is 0 Å². The lowest BCUT2D eigenvalue weighted by Crippen LogP contribution is -2.40. The molecular formula is C20H31N3O2. The molecule has 0 bridgehead atoms. The molecular weight excluding hydrogens is 314 g/mol. The lowest BCUT2D eigenvalue weighted by atomic mass is 10.3. The number of para-hydroxylation sites is 1. The van der Waals surface area contributed by atoms with Crippen molar-refractivity contribution < 1.29 is 9.53 Å². The normalized spacial score (nSPS) is 19.4. The molecule has 1 aliphatic carbocycles. The van der Waals surface area contributed by atoms with E-state index >= 15 is 0 Å². The third-order valence-electron chi connectivity index (χ3n) is 5.12. The highest BCUT2D eigenvalue weighted by molar-refractivity contribution is 5.77. The summed E-state index contributed by atoms with van der Waals surface area (Å²) in [4.78, 5) is 19.2. The van der Waals surface area contributed by atoms with Crippen LogP contribution < -0.4 is 4.74 Å². The Morgan fingerprint density at radius 2 is 1.96 bits per heavy atom. The molecule has 0 unspecified atom stereocenters. The van der Waals surface area contributed by atoms with E-state index in [0.29, 0.717) is 13.2 Å². The van der Waals surface area contributed by atoms with Gasteiger partial charge in [0.2, 0.25) is 5.91 Å². The maximum absolute atomic E-state index is 12.4. The van der Waals surface area contributed by atoms with Crippen molar-refractivity contribution in [3.05, 3.63) is 30.3 Å². The quantitative estimate of drug-likeness (QED) is 0.676. The summed E-state index contributed by atoms with van der Waals surface area (Å²) in [6, 6.07) is 10.7. The van der Waals surface area contributed by atoms with E-state index in [4.69, 9.17) is 4.74 Å². The molecule has 1 aliphatic heterocycles. The van der Waals surface area contributed by atoms with Crippen LogP contribution in [0.1, 0.15) is 25.7 Å². The van der Waals surface area contributed by atoms with Crippen LogP contribution in [0.2, 0.25) is 0 Å². The zero-order valence-corrected chi connectivity index (χ0v) is 15.4. The third-order valence-corrected chi connectivity index (χ3v) is 5.12. The van der Waals surface area contributed by atoms with Crippen molar-refractivity contribution >= 4 is 5.91 Å². The molecule has 0 spiro atoms. The standard InChI is InChI=1S/C20H31N3O2/c1-21(11-6-16-25-19-7-3-2-4-8-19)20(24)17-22-12-5-13-23(15-14-22)18-9-10-18/h2-4,7-8,18H,5-6,9-17H2,1H3. The van der Waals surface area contributed by atoms with Crippen LogP contribution in [0.4, 0.5) is 0 Å². The average Bonchev–Trinajstić information content (AvgIpc) is 3.46. The van der Waals surface area contributed by atoms with Gasteiger partial charge in [-0.2, -0.15) is 0 Å². The largest absolute Gasteiger partial charge is 0.494 e. The Morgan fingerprint density at radius 1 is 1.16 bits per heavy atom. The number of benzene rings is 1. The minimum atomic E-state index is 0.222. The van der Waals surface area contributed by atoms with Crippen molar-refractivity contribution in [2.24, 2.45) is 0 Å². The molecule has 0 radical (unpaired) electrons. The van der Waals surface area contributed by atoms with Gasteiger partial charge in [0.25, 0.3) is 0 Å². The first-order valence-corrected chi connectivity index (χ1v) is 9.60. The molecule has 1 saturated heterocycles. The van der Waals surface area contributed by atoms with Crippen LogP contribution in [0.15, 0.2) is 30.3 Å². The molecule has 3 rings (SSSR count). The fourth-order valence-corrected chi connectivity index (χ4v) is 3.40. The number of hydrogen-bond acceptors (Lipinski definition) is 4. The monoisotopic (exact) mass is 345 g/mol. The summed E-state index contributed by atoms with van der Waals surface area (Å²) in [6.07, 6.45) is 4.77. The molecule has 1 saturated carbocycles. The summed E-state index contributed by atoms with van der Waals surface area (Å²) in [7, 11) is 1.90. The summed E-state index contributed by atoms with van der Waals surface area (Å²) in [5, 5.41) is 0. The predicted octanol–water partition coefficient (Wildman–Crippen LogP) is 2.08. The Bertz CT molecular complexity index is 533. The molecule has 5 heteroatoms. The maximum Gasteiger partial charge on any atom is 0.236 e. The molecule has 1 aromatic carbocycles. The van der Waals surface area contributed by atoms with E-state index in [1.165, 1.54) is 25.8 Å². The Labute approximate surface area is 151 Å². The van der Waals surface area contributed by atoms with Crippen LogP contribution in [0, 0.1) is 0 Å². The number of rotatable bonds is 8. The molecule has 2 fully saturated rings. The highest BCUT2D eigenvalue weighted by Gasteiger charge is 2.30. The van der Waals surface area contributed by atoms with Crippen LogP contribution >= 0.6 is 0 Å². The van der Waals surface area contributed by atoms with Gasteiger partial charge in [0.15, 0.2) is 0 Å². The number of amides is 1. The number of hydrogen-bond donors (Lipinski definition) is 0. The summed E-state index contributed by atoms with van der Waals surface area (Å²) in [6.45, 7) is 6.31. The van der Waals surface area contributed by atoms with Crippen LogP contribution in [0.3, 0.4) is 0 Å². The molecule has 5 nitrogen and oxygen atoms in total. The van der Waals surface area contributed by atoms with E-state index in [2.05, 4.69) is 9.80 Å². The average molecular weight is 345 g/mol. The molecule has 0 aromatic heterocycles. The third kappa shape index (κ3) is 6.01. The van der Waals surface area contributed by atoms with E-state index < -0.39 is 0 Å². The Morgan fingerprint density at radius 3 is 2.72 bits per heavy atom. The van der Waals surface area contributed by atoms with Gasteiger partial charge in [-0.3, -0.25) is 14.6 Å². The van der Waals surface area contributed by atoms with E-state index in [9.17, 15) is 4.79 Å². The molecule has 1 amide bonds. The summed E-state index contributed by atoms with van der Waals surface area (Å²) < 4.78 is 5.69. The zero-order chi connectivity index (χ0) is 17.5. The molecule has 138 valence electrons. The Balaban J connectivity index is 1.31. The second-order valence-electron chi connectivity index (χ2n) is 7.23. The van der Waals surface area contributed by atoms with Gasteiger partial charge in [0, 0.05) is 32.7 Å². The Hall–Kier alpha value is -1.59. The number of nitrogens with zero attached hydrogens (tertiary/aromatic N) is 3. The van der Waals surface area contributed by atoms with Crippen LogP contribution in [-0.4, -0.2) is 79.6 Å². The van der Waals surface area contributed by atoms with Crippen molar-refractivity contribution in [1.82, 2.24) is 14.7 Å². The summed E-state index contributed by atoms with van der Waals surface area (Å²) >= 11 is 0. The fourth-order valence-electron chi connectivity index (χ4n) is 3.40. The lowest BCUT2D eigenvalue weighted by Gasteiger charge is -2.24. The van der Waals surface area contributed by atoms with Gasteiger partial charge >= 0.3 is 0 Å².